The van der Waals surface area contributed by atoms with E-state index in [2.05, 4.69) is 0 Å². The van der Waals surface area contributed by atoms with Crippen molar-refractivity contribution in [1.82, 2.24) is 0 Å². The van der Waals surface area contributed by atoms with E-state index in [9.17, 15) is 14.7 Å². The van der Waals surface area contributed by atoms with Crippen molar-refractivity contribution in [2.75, 3.05) is 0 Å². The predicted molar refractivity (Wildman–Crippen MR) is 80.7 cm³/mol. The first-order valence-electron chi connectivity index (χ1n) is 5.64. The molecule has 1 N–H and O–H groups in total. The Morgan fingerprint density at radius 3 is 2.21 bits per heavy atom. The van der Waals surface area contributed by atoms with Crippen LogP contribution in [0.4, 0.5) is 0 Å². The molecule has 2 aromatic carbocycles. The molecule has 0 bridgehead atoms. The number of carboxylic acids is 1. The van der Waals surface area contributed by atoms with E-state index in [0.29, 0.717) is 14.7 Å². The van der Waals surface area contributed by atoms with Gasteiger partial charge < -0.3 is 5.11 Å². The molecular weight excluding hydrogens is 355 g/mol. The summed E-state index contributed by atoms with van der Waals surface area (Å²) in [5, 5.41) is 9.31. The Kier molecular flexibility index (Phi) is 3.99. The van der Waals surface area contributed by atoms with Gasteiger partial charge in [-0.15, -0.1) is 0 Å². The second-order valence-corrected chi connectivity index (χ2v) is 5.28. The van der Waals surface area contributed by atoms with E-state index >= 15 is 0 Å². The highest BCUT2D eigenvalue weighted by molar-refractivity contribution is 14.1. The van der Waals surface area contributed by atoms with E-state index in [1.54, 1.807) is 43.3 Å². The number of ketones is 1. The van der Waals surface area contributed by atoms with Crippen molar-refractivity contribution < 1.29 is 14.7 Å². The normalized spacial score (nSPS) is 10.2. The van der Waals surface area contributed by atoms with E-state index in [1.807, 2.05) is 28.7 Å². The molecule has 0 atom stereocenters. The van der Waals surface area contributed by atoms with Crippen LogP contribution in [-0.2, 0) is 0 Å². The van der Waals surface area contributed by atoms with Crippen LogP contribution in [0.15, 0.2) is 42.5 Å². The Hall–Kier alpha value is -1.69. The van der Waals surface area contributed by atoms with Crippen molar-refractivity contribution in [3.63, 3.8) is 0 Å². The first kappa shape index (κ1) is 13.7. The largest absolute Gasteiger partial charge is 0.478 e. The zero-order chi connectivity index (χ0) is 14.0. The van der Waals surface area contributed by atoms with E-state index in [0.717, 1.165) is 0 Å². The lowest BCUT2D eigenvalue weighted by atomic mass is 9.94. The lowest BCUT2D eigenvalue weighted by molar-refractivity contribution is 0.0691. The first-order chi connectivity index (χ1) is 9.02. The molecule has 4 heteroatoms. The second kappa shape index (κ2) is 5.52. The Morgan fingerprint density at radius 2 is 1.63 bits per heavy atom. The van der Waals surface area contributed by atoms with Gasteiger partial charge in [-0.3, -0.25) is 4.79 Å². The predicted octanol–water partition coefficient (Wildman–Crippen LogP) is 3.53. The number of aromatic carboxylic acids is 1. The molecular formula is C15H11IO3. The fourth-order valence-corrected chi connectivity index (χ4v) is 2.60. The van der Waals surface area contributed by atoms with Crippen LogP contribution < -0.4 is 0 Å². The molecule has 0 aliphatic carbocycles. The first-order valence-corrected chi connectivity index (χ1v) is 6.72. The van der Waals surface area contributed by atoms with Crippen LogP contribution in [0.1, 0.15) is 31.8 Å². The smallest absolute Gasteiger partial charge is 0.337 e. The van der Waals surface area contributed by atoms with Crippen molar-refractivity contribution in [3.05, 3.63) is 68.3 Å². The zero-order valence-electron chi connectivity index (χ0n) is 10.2. The van der Waals surface area contributed by atoms with Gasteiger partial charge in [-0.1, -0.05) is 36.4 Å². The Bertz CT molecular complexity index is 648. The number of halogens is 1. The number of aryl methyl sites for hydroxylation is 1. The molecule has 0 aliphatic heterocycles. The summed E-state index contributed by atoms with van der Waals surface area (Å²) in [5.74, 6) is -1.33. The van der Waals surface area contributed by atoms with Gasteiger partial charge in [-0.25, -0.2) is 4.79 Å². The molecule has 3 nitrogen and oxygen atoms in total. The number of carbonyl (C=O) groups is 2. The van der Waals surface area contributed by atoms with Gasteiger partial charge in [0, 0.05) is 14.7 Å². The summed E-state index contributed by atoms with van der Waals surface area (Å²) in [6.45, 7) is 1.75. The highest BCUT2D eigenvalue weighted by atomic mass is 127. The Labute approximate surface area is 124 Å². The topological polar surface area (TPSA) is 54.4 Å². The molecule has 0 radical (unpaired) electrons. The number of benzene rings is 2. The highest BCUT2D eigenvalue weighted by Gasteiger charge is 2.22. The molecule has 19 heavy (non-hydrogen) atoms. The molecule has 0 saturated carbocycles. The summed E-state index contributed by atoms with van der Waals surface area (Å²) in [4.78, 5) is 23.9. The van der Waals surface area contributed by atoms with E-state index in [1.165, 1.54) is 0 Å². The molecule has 0 saturated heterocycles. The monoisotopic (exact) mass is 366 g/mol. The summed E-state index contributed by atoms with van der Waals surface area (Å²) in [6, 6.07) is 12.2. The number of rotatable bonds is 3. The number of carboxylic acid groups (broad SMARTS) is 1. The van der Waals surface area contributed by atoms with Gasteiger partial charge in [0.25, 0.3) is 0 Å². The van der Waals surface area contributed by atoms with Crippen LogP contribution in [0.5, 0.6) is 0 Å². The van der Waals surface area contributed by atoms with Gasteiger partial charge in [-0.05, 0) is 41.1 Å². The minimum absolute atomic E-state index is 0.0782. The summed E-state index contributed by atoms with van der Waals surface area (Å²) < 4.78 is 0.565. The molecule has 0 aliphatic rings. The average Bonchev–Trinajstić information content (AvgIpc) is 2.41. The van der Waals surface area contributed by atoms with E-state index in [-0.39, 0.29) is 16.9 Å². The fraction of sp³-hybridized carbons (Fsp3) is 0.0667. The van der Waals surface area contributed by atoms with Gasteiger partial charge in [-0.2, -0.15) is 0 Å². The molecule has 0 amide bonds. The van der Waals surface area contributed by atoms with Crippen LogP contribution >= 0.6 is 22.6 Å². The second-order valence-electron chi connectivity index (χ2n) is 4.11. The SMILES string of the molecule is Cc1ccc(I)c(C(=O)O)c1C(=O)c1ccccc1. The molecule has 96 valence electrons. The number of carbonyl (C=O) groups excluding carboxylic acids is 1. The average molecular weight is 366 g/mol. The summed E-state index contributed by atoms with van der Waals surface area (Å²) in [6.07, 6.45) is 0. The summed E-state index contributed by atoms with van der Waals surface area (Å²) in [7, 11) is 0. The molecule has 0 aromatic heterocycles. The number of hydrogen-bond acceptors (Lipinski definition) is 2. The van der Waals surface area contributed by atoms with Crippen LogP contribution in [0, 0.1) is 10.5 Å². The third-order valence-electron chi connectivity index (χ3n) is 2.84. The molecule has 2 rings (SSSR count). The van der Waals surface area contributed by atoms with Crippen molar-refractivity contribution in [1.29, 1.82) is 0 Å². The molecule has 2 aromatic rings. The maximum atomic E-state index is 12.5. The molecule has 0 heterocycles. The minimum atomic E-state index is -1.08. The maximum absolute atomic E-state index is 12.5. The van der Waals surface area contributed by atoms with E-state index < -0.39 is 5.97 Å². The van der Waals surface area contributed by atoms with Crippen LogP contribution in [0.25, 0.3) is 0 Å². The van der Waals surface area contributed by atoms with Crippen molar-refractivity contribution >= 4 is 34.3 Å². The van der Waals surface area contributed by atoms with Crippen molar-refractivity contribution in [2.45, 2.75) is 6.92 Å². The molecule has 0 unspecified atom stereocenters. The van der Waals surface area contributed by atoms with Gasteiger partial charge in [0.05, 0.1) is 5.56 Å². The zero-order valence-corrected chi connectivity index (χ0v) is 12.3. The molecule has 0 spiro atoms. The van der Waals surface area contributed by atoms with Crippen molar-refractivity contribution in [2.24, 2.45) is 0 Å². The molecule has 0 fully saturated rings. The van der Waals surface area contributed by atoms with Gasteiger partial charge in [0.1, 0.15) is 0 Å². The van der Waals surface area contributed by atoms with Crippen LogP contribution in [-0.4, -0.2) is 16.9 Å². The van der Waals surface area contributed by atoms with E-state index in [4.69, 9.17) is 0 Å². The fourth-order valence-electron chi connectivity index (χ4n) is 1.92. The van der Waals surface area contributed by atoms with Gasteiger partial charge >= 0.3 is 5.97 Å². The minimum Gasteiger partial charge on any atom is -0.478 e. The quantitative estimate of drug-likeness (QED) is 0.668. The van der Waals surface area contributed by atoms with Gasteiger partial charge in [0.2, 0.25) is 0 Å². The number of hydrogen-bond donors (Lipinski definition) is 1. The Morgan fingerprint density at radius 1 is 1.00 bits per heavy atom. The lowest BCUT2D eigenvalue weighted by Crippen LogP contribution is -2.13. The third kappa shape index (κ3) is 2.68. The van der Waals surface area contributed by atoms with Crippen molar-refractivity contribution in [3.8, 4) is 0 Å². The standard InChI is InChI=1S/C15H11IO3/c1-9-7-8-11(16)13(15(18)19)12(9)14(17)10-5-3-2-4-6-10/h2-8H,1H3,(H,18,19). The van der Waals surface area contributed by atoms with Gasteiger partial charge in [0.15, 0.2) is 5.78 Å². The Balaban J connectivity index is 2.66. The van der Waals surface area contributed by atoms with Crippen LogP contribution in [0.3, 0.4) is 0 Å². The highest BCUT2D eigenvalue weighted by Crippen LogP contribution is 2.23. The van der Waals surface area contributed by atoms with Crippen LogP contribution in [0.2, 0.25) is 0 Å². The third-order valence-corrected chi connectivity index (χ3v) is 3.74. The lowest BCUT2D eigenvalue weighted by Gasteiger charge is -2.10. The summed E-state index contributed by atoms with van der Waals surface area (Å²) >= 11 is 1.94. The summed E-state index contributed by atoms with van der Waals surface area (Å²) in [5.41, 5.74) is 1.52. The maximum Gasteiger partial charge on any atom is 0.337 e.